The fourth-order valence-corrected chi connectivity index (χ4v) is 6.54. The Hall–Kier alpha value is -4.63. The SMILES string of the molecule is CCc1ccc(N(CC(=O)N(Cc2cccc(OC)c2)[C@H](Cc2ccccc2)C(=O)N[C@H](C)CC)S(=O)(=O)c2ccccc2)cc1. The average Bonchev–Trinajstić information content (AvgIpc) is 3.09. The van der Waals surface area contributed by atoms with Gasteiger partial charge in [-0.3, -0.25) is 13.9 Å². The van der Waals surface area contributed by atoms with Crippen molar-refractivity contribution < 1.29 is 22.7 Å². The first kappa shape index (κ1) is 34.2. The van der Waals surface area contributed by atoms with E-state index in [1.165, 1.54) is 17.0 Å². The zero-order valence-electron chi connectivity index (χ0n) is 26.9. The van der Waals surface area contributed by atoms with Gasteiger partial charge < -0.3 is 15.0 Å². The lowest BCUT2D eigenvalue weighted by atomic mass is 10.0. The molecule has 0 heterocycles. The van der Waals surface area contributed by atoms with Gasteiger partial charge in [-0.1, -0.05) is 86.6 Å². The van der Waals surface area contributed by atoms with E-state index in [1.807, 2.05) is 81.4 Å². The van der Waals surface area contributed by atoms with Crippen molar-refractivity contribution in [2.75, 3.05) is 18.0 Å². The van der Waals surface area contributed by atoms with Crippen LogP contribution in [0.2, 0.25) is 0 Å². The van der Waals surface area contributed by atoms with E-state index in [1.54, 1.807) is 43.5 Å². The number of hydrogen-bond acceptors (Lipinski definition) is 5. The smallest absolute Gasteiger partial charge is 0.264 e. The normalized spacial score (nSPS) is 12.5. The molecule has 4 rings (SSSR count). The van der Waals surface area contributed by atoms with E-state index in [2.05, 4.69) is 5.32 Å². The number of methoxy groups -OCH3 is 1. The van der Waals surface area contributed by atoms with Gasteiger partial charge in [-0.15, -0.1) is 0 Å². The van der Waals surface area contributed by atoms with Crippen LogP contribution in [0.25, 0.3) is 0 Å². The van der Waals surface area contributed by atoms with Gasteiger partial charge in [0, 0.05) is 19.0 Å². The third kappa shape index (κ3) is 8.75. The van der Waals surface area contributed by atoms with Crippen molar-refractivity contribution >= 4 is 27.5 Å². The number of amides is 2. The number of rotatable bonds is 15. The highest BCUT2D eigenvalue weighted by molar-refractivity contribution is 7.92. The van der Waals surface area contributed by atoms with Crippen molar-refractivity contribution in [3.05, 3.63) is 126 Å². The van der Waals surface area contributed by atoms with E-state index in [0.29, 0.717) is 17.9 Å². The number of ether oxygens (including phenoxy) is 1. The van der Waals surface area contributed by atoms with Crippen LogP contribution in [0.1, 0.15) is 43.9 Å². The van der Waals surface area contributed by atoms with Gasteiger partial charge in [-0.2, -0.15) is 0 Å². The highest BCUT2D eigenvalue weighted by Gasteiger charge is 2.35. The van der Waals surface area contributed by atoms with Crippen LogP contribution >= 0.6 is 0 Å². The van der Waals surface area contributed by atoms with Crippen molar-refractivity contribution in [1.29, 1.82) is 0 Å². The summed E-state index contributed by atoms with van der Waals surface area (Å²) in [6, 6.07) is 31.0. The molecule has 0 radical (unpaired) electrons. The lowest BCUT2D eigenvalue weighted by Gasteiger charge is -2.34. The number of sulfonamides is 1. The number of carbonyl (C=O) groups is 2. The summed E-state index contributed by atoms with van der Waals surface area (Å²) in [6.45, 7) is 5.47. The third-order valence-corrected chi connectivity index (χ3v) is 9.79. The zero-order valence-corrected chi connectivity index (χ0v) is 27.7. The summed E-state index contributed by atoms with van der Waals surface area (Å²) in [7, 11) is -2.58. The van der Waals surface area contributed by atoms with Gasteiger partial charge in [0.15, 0.2) is 0 Å². The molecular formula is C37H43N3O5S. The molecule has 4 aromatic carbocycles. The molecule has 0 aliphatic rings. The second-order valence-corrected chi connectivity index (χ2v) is 13.1. The van der Waals surface area contributed by atoms with E-state index in [-0.39, 0.29) is 29.8 Å². The van der Waals surface area contributed by atoms with Crippen LogP contribution in [0.4, 0.5) is 5.69 Å². The molecule has 0 fully saturated rings. The molecule has 46 heavy (non-hydrogen) atoms. The summed E-state index contributed by atoms with van der Waals surface area (Å²) >= 11 is 0. The van der Waals surface area contributed by atoms with Crippen LogP contribution in [0.15, 0.2) is 114 Å². The van der Waals surface area contributed by atoms with Gasteiger partial charge in [-0.25, -0.2) is 8.42 Å². The summed E-state index contributed by atoms with van der Waals surface area (Å²) in [4.78, 5) is 30.1. The van der Waals surface area contributed by atoms with Gasteiger partial charge in [0.1, 0.15) is 18.3 Å². The summed E-state index contributed by atoms with van der Waals surface area (Å²) in [5.74, 6) is -0.209. The standard InChI is InChI=1S/C37H43N3O5S/c1-5-28(3)38-37(42)35(25-30-14-9-7-10-15-30)39(26-31-16-13-17-33(24-31)45-4)36(41)27-40(32-22-20-29(6-2)21-23-32)46(43,44)34-18-11-8-12-19-34/h7-24,28,35H,5-6,25-27H2,1-4H3,(H,38,42)/t28-,35-/m1/s1. The van der Waals surface area contributed by atoms with Gasteiger partial charge in [0.2, 0.25) is 11.8 Å². The van der Waals surface area contributed by atoms with Crippen LogP contribution in [-0.2, 0) is 39.0 Å². The molecule has 0 aliphatic heterocycles. The molecule has 0 spiro atoms. The van der Waals surface area contributed by atoms with Crippen LogP contribution in [0.5, 0.6) is 5.75 Å². The minimum atomic E-state index is -4.15. The molecule has 4 aromatic rings. The predicted molar refractivity (Wildman–Crippen MR) is 182 cm³/mol. The van der Waals surface area contributed by atoms with Gasteiger partial charge in [0.05, 0.1) is 17.7 Å². The van der Waals surface area contributed by atoms with E-state index >= 15 is 0 Å². The highest BCUT2D eigenvalue weighted by Crippen LogP contribution is 2.26. The van der Waals surface area contributed by atoms with E-state index in [9.17, 15) is 18.0 Å². The fraction of sp³-hybridized carbons (Fsp3) is 0.297. The molecule has 0 unspecified atom stereocenters. The van der Waals surface area contributed by atoms with Crippen molar-refractivity contribution in [1.82, 2.24) is 10.2 Å². The number of nitrogens with zero attached hydrogens (tertiary/aromatic N) is 2. The molecule has 9 heteroatoms. The van der Waals surface area contributed by atoms with Gasteiger partial charge >= 0.3 is 0 Å². The number of benzene rings is 4. The maximum Gasteiger partial charge on any atom is 0.264 e. The molecule has 0 bridgehead atoms. The molecule has 242 valence electrons. The Morgan fingerprint density at radius 3 is 2.04 bits per heavy atom. The lowest BCUT2D eigenvalue weighted by molar-refractivity contribution is -0.140. The van der Waals surface area contributed by atoms with Crippen molar-refractivity contribution in [2.24, 2.45) is 0 Å². The van der Waals surface area contributed by atoms with Crippen LogP contribution in [0.3, 0.4) is 0 Å². The van der Waals surface area contributed by atoms with Crippen molar-refractivity contribution in [2.45, 2.75) is 63.6 Å². The van der Waals surface area contributed by atoms with Crippen LogP contribution in [-0.4, -0.2) is 50.9 Å². The Bertz CT molecular complexity index is 1680. The molecule has 0 aromatic heterocycles. The zero-order chi connectivity index (χ0) is 33.1. The number of nitrogens with one attached hydrogen (secondary N) is 1. The number of aryl methyl sites for hydroxylation is 1. The van der Waals surface area contributed by atoms with Crippen LogP contribution < -0.4 is 14.4 Å². The van der Waals surface area contributed by atoms with E-state index in [0.717, 1.165) is 27.4 Å². The summed E-state index contributed by atoms with van der Waals surface area (Å²) in [5, 5.41) is 3.06. The minimum Gasteiger partial charge on any atom is -0.497 e. The predicted octanol–water partition coefficient (Wildman–Crippen LogP) is 6.01. The first-order chi connectivity index (χ1) is 22.2. The Balaban J connectivity index is 1.81. The number of carbonyl (C=O) groups excluding carboxylic acids is 2. The molecule has 0 saturated heterocycles. The Kier molecular flexibility index (Phi) is 12.0. The summed E-state index contributed by atoms with van der Waals surface area (Å²) < 4.78 is 34.8. The van der Waals surface area contributed by atoms with Crippen LogP contribution in [0, 0.1) is 0 Å². The van der Waals surface area contributed by atoms with Gasteiger partial charge in [-0.05, 0) is 72.9 Å². The third-order valence-electron chi connectivity index (χ3n) is 8.00. The molecule has 0 saturated carbocycles. The van der Waals surface area contributed by atoms with E-state index < -0.39 is 28.5 Å². The van der Waals surface area contributed by atoms with Crippen molar-refractivity contribution in [3.63, 3.8) is 0 Å². The number of hydrogen-bond donors (Lipinski definition) is 1. The van der Waals surface area contributed by atoms with Crippen molar-refractivity contribution in [3.8, 4) is 5.75 Å². The maximum absolute atomic E-state index is 14.6. The Morgan fingerprint density at radius 2 is 1.43 bits per heavy atom. The quantitative estimate of drug-likeness (QED) is 0.172. The molecule has 2 amide bonds. The largest absolute Gasteiger partial charge is 0.497 e. The highest BCUT2D eigenvalue weighted by atomic mass is 32.2. The molecule has 2 atom stereocenters. The monoisotopic (exact) mass is 641 g/mol. The molecular weight excluding hydrogens is 598 g/mol. The van der Waals surface area contributed by atoms with E-state index in [4.69, 9.17) is 4.74 Å². The first-order valence-corrected chi connectivity index (χ1v) is 17.0. The molecule has 1 N–H and O–H groups in total. The average molecular weight is 642 g/mol. The fourth-order valence-electron chi connectivity index (χ4n) is 5.11. The molecule has 0 aliphatic carbocycles. The minimum absolute atomic E-state index is 0.0649. The Labute approximate surface area is 273 Å². The Morgan fingerprint density at radius 1 is 0.804 bits per heavy atom. The topological polar surface area (TPSA) is 96.0 Å². The lowest BCUT2D eigenvalue weighted by Crippen LogP contribution is -2.54. The first-order valence-electron chi connectivity index (χ1n) is 15.6. The summed E-state index contributed by atoms with van der Waals surface area (Å²) in [6.07, 6.45) is 1.74. The second kappa shape index (κ2) is 16.1. The maximum atomic E-state index is 14.6. The second-order valence-electron chi connectivity index (χ2n) is 11.2. The van der Waals surface area contributed by atoms with Gasteiger partial charge in [0.25, 0.3) is 10.0 Å². The summed E-state index contributed by atoms with van der Waals surface area (Å²) in [5.41, 5.74) is 3.02. The molecule has 8 nitrogen and oxygen atoms in total. The number of anilines is 1.